The lowest BCUT2D eigenvalue weighted by Crippen LogP contribution is -2.14. The Kier molecular flexibility index (Phi) is 5.47. The fraction of sp³-hybridized carbons (Fsp3) is 0.625. The van der Waals surface area contributed by atoms with Gasteiger partial charge in [-0.15, -0.1) is 6.58 Å². The number of esters is 1. The summed E-state index contributed by atoms with van der Waals surface area (Å²) < 4.78 is 4.63. The molecule has 0 aromatic heterocycles. The van der Waals surface area contributed by atoms with Crippen LogP contribution in [0.5, 0.6) is 0 Å². The smallest absolute Gasteiger partial charge is 0.308 e. The van der Waals surface area contributed by atoms with Gasteiger partial charge in [0.15, 0.2) is 0 Å². The van der Waals surface area contributed by atoms with Crippen LogP contribution in [0.15, 0.2) is 12.7 Å². The molecule has 0 aliphatic rings. The third-order valence-electron chi connectivity index (χ3n) is 1.15. The molecule has 1 atom stereocenters. The van der Waals surface area contributed by atoms with E-state index >= 15 is 0 Å². The fourth-order valence-electron chi connectivity index (χ4n) is 0.688. The van der Waals surface area contributed by atoms with Crippen molar-refractivity contribution in [2.24, 2.45) is 0 Å². The first-order valence-electron chi connectivity index (χ1n) is 3.65. The van der Waals surface area contributed by atoms with Crippen LogP contribution in [0.25, 0.3) is 0 Å². The van der Waals surface area contributed by atoms with Gasteiger partial charge < -0.3 is 9.84 Å². The van der Waals surface area contributed by atoms with E-state index in [2.05, 4.69) is 11.3 Å². The highest BCUT2D eigenvalue weighted by atomic mass is 16.5. The Hall–Kier alpha value is -0.830. The fourth-order valence-corrected chi connectivity index (χ4v) is 0.688. The van der Waals surface area contributed by atoms with Gasteiger partial charge in [-0.25, -0.2) is 0 Å². The zero-order valence-electron chi connectivity index (χ0n) is 6.75. The lowest BCUT2D eigenvalue weighted by molar-refractivity contribution is -0.145. The van der Waals surface area contributed by atoms with Crippen molar-refractivity contribution in [3.63, 3.8) is 0 Å². The van der Waals surface area contributed by atoms with Crippen LogP contribution in [-0.4, -0.2) is 23.8 Å². The minimum absolute atomic E-state index is 0.0554. The highest BCUT2D eigenvalue weighted by Crippen LogP contribution is 1.99. The third-order valence-corrected chi connectivity index (χ3v) is 1.15. The lowest BCUT2D eigenvalue weighted by Gasteiger charge is -2.05. The van der Waals surface area contributed by atoms with Crippen molar-refractivity contribution in [2.75, 3.05) is 6.61 Å². The van der Waals surface area contributed by atoms with E-state index in [1.807, 2.05) is 0 Å². The summed E-state index contributed by atoms with van der Waals surface area (Å²) in [6.45, 7) is 5.54. The van der Waals surface area contributed by atoms with E-state index in [4.69, 9.17) is 5.11 Å². The number of carbonyl (C=O) groups excluding carboxylic acids is 1. The summed E-state index contributed by atoms with van der Waals surface area (Å²) in [7, 11) is 0. The molecular formula is C8H14O3. The number of aliphatic hydroxyl groups excluding tert-OH is 1. The molecule has 0 aromatic carbocycles. The van der Waals surface area contributed by atoms with E-state index in [-0.39, 0.29) is 12.4 Å². The molecule has 64 valence electrons. The van der Waals surface area contributed by atoms with E-state index in [0.717, 1.165) is 0 Å². The van der Waals surface area contributed by atoms with Crippen LogP contribution in [0.4, 0.5) is 0 Å². The molecule has 3 nitrogen and oxygen atoms in total. The Morgan fingerprint density at radius 3 is 2.91 bits per heavy atom. The number of hydrogen-bond acceptors (Lipinski definition) is 3. The van der Waals surface area contributed by atoms with Crippen molar-refractivity contribution in [1.29, 1.82) is 0 Å². The van der Waals surface area contributed by atoms with Crippen LogP contribution in [0, 0.1) is 0 Å². The van der Waals surface area contributed by atoms with Crippen LogP contribution in [-0.2, 0) is 9.53 Å². The topological polar surface area (TPSA) is 46.5 Å². The molecule has 3 heteroatoms. The monoisotopic (exact) mass is 158 g/mol. The van der Waals surface area contributed by atoms with Crippen molar-refractivity contribution in [3.8, 4) is 0 Å². The summed E-state index contributed by atoms with van der Waals surface area (Å²) in [6, 6.07) is 0. The lowest BCUT2D eigenvalue weighted by atomic mass is 10.2. The van der Waals surface area contributed by atoms with E-state index in [1.54, 1.807) is 13.0 Å². The average Bonchev–Trinajstić information content (AvgIpc) is 1.87. The highest BCUT2D eigenvalue weighted by molar-refractivity contribution is 5.69. The Labute approximate surface area is 66.7 Å². The first kappa shape index (κ1) is 10.2. The molecule has 0 saturated carbocycles. The maximum Gasteiger partial charge on any atom is 0.308 e. The van der Waals surface area contributed by atoms with Crippen LogP contribution in [0.2, 0.25) is 0 Å². The summed E-state index contributed by atoms with van der Waals surface area (Å²) in [5, 5.41) is 9.07. The van der Waals surface area contributed by atoms with Crippen LogP contribution in [0.3, 0.4) is 0 Å². The van der Waals surface area contributed by atoms with Gasteiger partial charge in [0.1, 0.15) is 0 Å². The number of ether oxygens (including phenoxy) is 1. The second-order valence-corrected chi connectivity index (χ2v) is 2.19. The number of hydrogen-bond donors (Lipinski definition) is 1. The predicted octanol–water partition coefficient (Wildman–Crippen LogP) is 0.877. The Morgan fingerprint density at radius 2 is 2.45 bits per heavy atom. The SMILES string of the molecule is C=CCC(O)CC(=O)OCC. The Balaban J connectivity index is 3.48. The van der Waals surface area contributed by atoms with Crippen molar-refractivity contribution >= 4 is 5.97 Å². The van der Waals surface area contributed by atoms with Crippen molar-refractivity contribution < 1.29 is 14.6 Å². The first-order valence-corrected chi connectivity index (χ1v) is 3.65. The van der Waals surface area contributed by atoms with Crippen molar-refractivity contribution in [2.45, 2.75) is 25.9 Å². The molecule has 0 fully saturated rings. The minimum atomic E-state index is -0.647. The maximum absolute atomic E-state index is 10.7. The summed E-state index contributed by atoms with van der Waals surface area (Å²) >= 11 is 0. The van der Waals surface area contributed by atoms with E-state index in [1.165, 1.54) is 0 Å². The van der Waals surface area contributed by atoms with Gasteiger partial charge in [0, 0.05) is 0 Å². The Morgan fingerprint density at radius 1 is 1.82 bits per heavy atom. The molecule has 0 aliphatic carbocycles. The first-order chi connectivity index (χ1) is 5.20. The molecule has 0 radical (unpaired) electrons. The summed E-state index contributed by atoms with van der Waals surface area (Å²) in [4.78, 5) is 10.7. The third kappa shape index (κ3) is 5.61. The molecule has 0 saturated heterocycles. The average molecular weight is 158 g/mol. The molecular weight excluding hydrogens is 144 g/mol. The van der Waals surface area contributed by atoms with Gasteiger partial charge in [-0.2, -0.15) is 0 Å². The van der Waals surface area contributed by atoms with Gasteiger partial charge in [-0.3, -0.25) is 4.79 Å². The molecule has 11 heavy (non-hydrogen) atoms. The summed E-state index contributed by atoms with van der Waals surface area (Å²) in [5.41, 5.74) is 0. The van der Waals surface area contributed by atoms with Gasteiger partial charge in [-0.05, 0) is 13.3 Å². The van der Waals surface area contributed by atoms with Crippen LogP contribution in [0.1, 0.15) is 19.8 Å². The molecule has 1 unspecified atom stereocenters. The zero-order valence-corrected chi connectivity index (χ0v) is 6.75. The number of rotatable bonds is 5. The van der Waals surface area contributed by atoms with E-state index in [0.29, 0.717) is 13.0 Å². The van der Waals surface area contributed by atoms with Gasteiger partial charge in [-0.1, -0.05) is 6.08 Å². The maximum atomic E-state index is 10.7. The summed E-state index contributed by atoms with van der Waals surface area (Å²) in [6.07, 6.45) is 1.41. The molecule has 0 heterocycles. The normalized spacial score (nSPS) is 12.2. The Bertz CT molecular complexity index is 131. The highest BCUT2D eigenvalue weighted by Gasteiger charge is 2.08. The molecule has 0 rings (SSSR count). The number of carbonyl (C=O) groups is 1. The van der Waals surface area contributed by atoms with Crippen molar-refractivity contribution in [3.05, 3.63) is 12.7 Å². The summed E-state index contributed by atoms with van der Waals surface area (Å²) in [5.74, 6) is -0.359. The van der Waals surface area contributed by atoms with Crippen molar-refractivity contribution in [1.82, 2.24) is 0 Å². The molecule has 0 bridgehead atoms. The standard InChI is InChI=1S/C8H14O3/c1-3-5-7(9)6-8(10)11-4-2/h3,7,9H,1,4-6H2,2H3. The van der Waals surface area contributed by atoms with Crippen LogP contribution < -0.4 is 0 Å². The number of aliphatic hydroxyl groups is 1. The molecule has 0 aromatic rings. The molecule has 1 N–H and O–H groups in total. The second-order valence-electron chi connectivity index (χ2n) is 2.19. The van der Waals surface area contributed by atoms with Gasteiger partial charge in [0.2, 0.25) is 0 Å². The van der Waals surface area contributed by atoms with E-state index in [9.17, 15) is 4.79 Å². The van der Waals surface area contributed by atoms with Crippen LogP contribution >= 0.6 is 0 Å². The van der Waals surface area contributed by atoms with Gasteiger partial charge >= 0.3 is 5.97 Å². The molecule has 0 spiro atoms. The molecule has 0 aliphatic heterocycles. The molecule has 0 amide bonds. The second kappa shape index (κ2) is 5.92. The predicted molar refractivity (Wildman–Crippen MR) is 42.1 cm³/mol. The minimum Gasteiger partial charge on any atom is -0.466 e. The largest absolute Gasteiger partial charge is 0.466 e. The zero-order chi connectivity index (χ0) is 8.69. The quantitative estimate of drug-likeness (QED) is 0.477. The van der Waals surface area contributed by atoms with E-state index < -0.39 is 6.10 Å². The van der Waals surface area contributed by atoms with Gasteiger partial charge in [0.05, 0.1) is 19.1 Å². The van der Waals surface area contributed by atoms with Gasteiger partial charge in [0.25, 0.3) is 0 Å².